The first-order valence-electron chi connectivity index (χ1n) is 8.64. The molecule has 0 radical (unpaired) electrons. The highest BCUT2D eigenvalue weighted by Gasteiger charge is 2.25. The Labute approximate surface area is 144 Å². The van der Waals surface area contributed by atoms with Crippen LogP contribution in [0.4, 0.5) is 9.18 Å². The lowest BCUT2D eigenvalue weighted by Gasteiger charge is -2.35. The van der Waals surface area contributed by atoms with Gasteiger partial charge in [-0.2, -0.15) is 0 Å². The van der Waals surface area contributed by atoms with E-state index in [1.54, 1.807) is 18.0 Å². The van der Waals surface area contributed by atoms with Gasteiger partial charge in [-0.15, -0.1) is 0 Å². The third-order valence-corrected chi connectivity index (χ3v) is 4.19. The van der Waals surface area contributed by atoms with Gasteiger partial charge in [-0.05, 0) is 52.1 Å². The van der Waals surface area contributed by atoms with Gasteiger partial charge in [-0.3, -0.25) is 4.90 Å². The molecule has 1 heterocycles. The van der Waals surface area contributed by atoms with Crippen LogP contribution >= 0.6 is 0 Å². The zero-order chi connectivity index (χ0) is 17.7. The van der Waals surface area contributed by atoms with E-state index in [4.69, 9.17) is 4.74 Å². The molecule has 0 N–H and O–H groups in total. The summed E-state index contributed by atoms with van der Waals surface area (Å²) in [4.78, 5) is 16.0. The van der Waals surface area contributed by atoms with E-state index in [0.717, 1.165) is 31.5 Å². The lowest BCUT2D eigenvalue weighted by molar-refractivity contribution is 0.0241. The maximum atomic E-state index is 13.8. The van der Waals surface area contributed by atoms with Crippen molar-refractivity contribution in [2.24, 2.45) is 5.92 Å². The van der Waals surface area contributed by atoms with Crippen LogP contribution in [0.25, 0.3) is 0 Å². The number of rotatable bonds is 4. The summed E-state index contributed by atoms with van der Waals surface area (Å²) in [6.07, 6.45) is 1.87. The van der Waals surface area contributed by atoms with Gasteiger partial charge < -0.3 is 9.64 Å². The summed E-state index contributed by atoms with van der Waals surface area (Å²) in [5.74, 6) is 0.244. The monoisotopic (exact) mass is 336 g/mol. The minimum absolute atomic E-state index is 0.148. The molecule has 1 fully saturated rings. The van der Waals surface area contributed by atoms with E-state index in [1.165, 1.54) is 6.07 Å². The fourth-order valence-electron chi connectivity index (χ4n) is 3.11. The lowest BCUT2D eigenvalue weighted by Crippen LogP contribution is -2.42. The van der Waals surface area contributed by atoms with Crippen molar-refractivity contribution >= 4 is 6.09 Å². The molecule has 1 amide bonds. The average molecular weight is 336 g/mol. The number of carbonyl (C=O) groups is 1. The van der Waals surface area contributed by atoms with Crippen LogP contribution in [0.2, 0.25) is 0 Å². The lowest BCUT2D eigenvalue weighted by atomic mass is 9.97. The number of hydrogen-bond donors (Lipinski definition) is 0. The second kappa shape index (κ2) is 7.97. The molecule has 0 aromatic heterocycles. The quantitative estimate of drug-likeness (QED) is 0.836. The normalized spacial score (nSPS) is 19.1. The maximum Gasteiger partial charge on any atom is 0.410 e. The molecule has 1 aliphatic heterocycles. The number of nitrogens with zero attached hydrogens (tertiary/aromatic N) is 2. The summed E-state index contributed by atoms with van der Waals surface area (Å²) in [5, 5.41) is 0. The van der Waals surface area contributed by atoms with Crippen molar-refractivity contribution < 1.29 is 13.9 Å². The Morgan fingerprint density at radius 3 is 2.75 bits per heavy atom. The number of piperidine rings is 1. The molecule has 0 bridgehead atoms. The molecule has 4 nitrogen and oxygen atoms in total. The standard InChI is InChI=1S/C19H29FN2O2/c1-19(2,3)24-18(23)21(4)12-15-8-7-11-22(13-15)14-16-9-5-6-10-17(16)20/h5-6,9-10,15H,7-8,11-14H2,1-4H3. The summed E-state index contributed by atoms with van der Waals surface area (Å²) >= 11 is 0. The molecular weight excluding hydrogens is 307 g/mol. The van der Waals surface area contributed by atoms with Crippen LogP contribution in [0.5, 0.6) is 0 Å². The Morgan fingerprint density at radius 1 is 1.38 bits per heavy atom. The van der Waals surface area contributed by atoms with Crippen molar-refractivity contribution in [3.63, 3.8) is 0 Å². The van der Waals surface area contributed by atoms with Crippen molar-refractivity contribution in [1.29, 1.82) is 0 Å². The Kier molecular flexibility index (Phi) is 6.21. The van der Waals surface area contributed by atoms with Gasteiger partial charge in [0.2, 0.25) is 0 Å². The Hall–Kier alpha value is -1.62. The summed E-state index contributed by atoms with van der Waals surface area (Å²) in [5.41, 5.74) is 0.257. The van der Waals surface area contributed by atoms with E-state index in [1.807, 2.05) is 32.9 Å². The van der Waals surface area contributed by atoms with E-state index in [-0.39, 0.29) is 11.9 Å². The molecular formula is C19H29FN2O2. The molecule has 1 atom stereocenters. The molecule has 0 aliphatic carbocycles. The Morgan fingerprint density at radius 2 is 2.08 bits per heavy atom. The molecule has 0 spiro atoms. The molecule has 1 aromatic rings. The molecule has 24 heavy (non-hydrogen) atoms. The van der Waals surface area contributed by atoms with Crippen molar-refractivity contribution in [3.05, 3.63) is 35.6 Å². The molecule has 134 valence electrons. The van der Waals surface area contributed by atoms with Crippen molar-refractivity contribution in [2.45, 2.75) is 45.8 Å². The summed E-state index contributed by atoms with van der Waals surface area (Å²) in [7, 11) is 1.78. The predicted molar refractivity (Wildman–Crippen MR) is 93.3 cm³/mol. The average Bonchev–Trinajstić information content (AvgIpc) is 2.48. The van der Waals surface area contributed by atoms with Crippen LogP contribution in [0.1, 0.15) is 39.2 Å². The molecule has 1 aromatic carbocycles. The highest BCUT2D eigenvalue weighted by Crippen LogP contribution is 2.21. The maximum absolute atomic E-state index is 13.8. The topological polar surface area (TPSA) is 32.8 Å². The highest BCUT2D eigenvalue weighted by atomic mass is 19.1. The number of halogens is 1. The summed E-state index contributed by atoms with van der Waals surface area (Å²) < 4.78 is 19.2. The minimum Gasteiger partial charge on any atom is -0.444 e. The van der Waals surface area contributed by atoms with E-state index in [0.29, 0.717) is 19.0 Å². The number of carbonyl (C=O) groups excluding carboxylic acids is 1. The van der Waals surface area contributed by atoms with Crippen molar-refractivity contribution in [3.8, 4) is 0 Å². The van der Waals surface area contributed by atoms with Gasteiger partial charge in [0.1, 0.15) is 11.4 Å². The fourth-order valence-corrected chi connectivity index (χ4v) is 3.11. The SMILES string of the molecule is CN(CC1CCCN(Cc2ccccc2F)C1)C(=O)OC(C)(C)C. The zero-order valence-corrected chi connectivity index (χ0v) is 15.2. The molecule has 1 unspecified atom stereocenters. The van der Waals surface area contributed by atoms with Crippen molar-refractivity contribution in [1.82, 2.24) is 9.80 Å². The van der Waals surface area contributed by atoms with Crippen LogP contribution < -0.4 is 0 Å². The van der Waals surface area contributed by atoms with Crippen LogP contribution in [0.15, 0.2) is 24.3 Å². The Balaban J connectivity index is 1.86. The summed E-state index contributed by atoms with van der Waals surface area (Å²) in [6.45, 7) is 8.75. The summed E-state index contributed by atoms with van der Waals surface area (Å²) in [6, 6.07) is 6.93. The minimum atomic E-state index is -0.477. The third-order valence-electron chi connectivity index (χ3n) is 4.19. The van der Waals surface area contributed by atoms with Gasteiger partial charge in [-0.25, -0.2) is 9.18 Å². The van der Waals surface area contributed by atoms with Gasteiger partial charge in [0.15, 0.2) is 0 Å². The first-order valence-corrected chi connectivity index (χ1v) is 8.64. The first kappa shape index (κ1) is 18.7. The van der Waals surface area contributed by atoms with Crippen LogP contribution in [-0.4, -0.2) is 48.2 Å². The second-order valence-electron chi connectivity index (χ2n) is 7.70. The number of likely N-dealkylation sites (tertiary alicyclic amines) is 1. The second-order valence-corrected chi connectivity index (χ2v) is 7.70. The third kappa shape index (κ3) is 5.78. The van der Waals surface area contributed by atoms with E-state index < -0.39 is 5.60 Å². The smallest absolute Gasteiger partial charge is 0.410 e. The molecule has 1 aliphatic rings. The van der Waals surface area contributed by atoms with Crippen LogP contribution in [0.3, 0.4) is 0 Å². The number of benzene rings is 1. The van der Waals surface area contributed by atoms with Gasteiger partial charge in [-0.1, -0.05) is 18.2 Å². The zero-order valence-electron chi connectivity index (χ0n) is 15.2. The fraction of sp³-hybridized carbons (Fsp3) is 0.632. The highest BCUT2D eigenvalue weighted by molar-refractivity contribution is 5.67. The number of hydrogen-bond acceptors (Lipinski definition) is 3. The predicted octanol–water partition coefficient (Wildman–Crippen LogP) is 3.90. The molecule has 2 rings (SSSR count). The van der Waals surface area contributed by atoms with Gasteiger partial charge in [0, 0.05) is 32.2 Å². The van der Waals surface area contributed by atoms with E-state index >= 15 is 0 Å². The first-order chi connectivity index (χ1) is 11.2. The van der Waals surface area contributed by atoms with Crippen molar-refractivity contribution in [2.75, 3.05) is 26.7 Å². The largest absolute Gasteiger partial charge is 0.444 e. The van der Waals surface area contributed by atoms with E-state index in [9.17, 15) is 9.18 Å². The molecule has 1 saturated heterocycles. The van der Waals surface area contributed by atoms with Gasteiger partial charge >= 0.3 is 6.09 Å². The Bertz CT molecular complexity index is 557. The molecule has 0 saturated carbocycles. The van der Waals surface area contributed by atoms with Gasteiger partial charge in [0.05, 0.1) is 0 Å². The number of ether oxygens (including phenoxy) is 1. The van der Waals surface area contributed by atoms with Gasteiger partial charge in [0.25, 0.3) is 0 Å². The molecule has 5 heteroatoms. The van der Waals surface area contributed by atoms with Crippen LogP contribution in [0, 0.1) is 11.7 Å². The van der Waals surface area contributed by atoms with Crippen LogP contribution in [-0.2, 0) is 11.3 Å². The van der Waals surface area contributed by atoms with E-state index in [2.05, 4.69) is 4.90 Å². The number of amides is 1.